The molecule has 5 aliphatic heterocycles. The van der Waals surface area contributed by atoms with Gasteiger partial charge in [0, 0.05) is 36.1 Å². The average molecular weight is 578 g/mol. The predicted octanol–water partition coefficient (Wildman–Crippen LogP) is 4.13. The third-order valence-corrected chi connectivity index (χ3v) is 9.65. The van der Waals surface area contributed by atoms with Gasteiger partial charge >= 0.3 is 0 Å². The minimum atomic E-state index is -0.752. The standard InChI is InChI=1S/C33H29F2N7O/c1-2-23-25(34)8-5-19-15-22(43)16-24(27(19)23)29-28(35)30-31(40-39-29)32(42-18-20-6-7-21(42)17-36-20)38-26(37-30)9-12-33-10-3-13-41(33)14-4-11-33/h1,5,8,15-16,20-21,36,43H,3-4,6-7,10-11,13-14,17-18H2/t20-,21-/m1/s1. The van der Waals surface area contributed by atoms with Crippen molar-refractivity contribution in [1.82, 2.24) is 30.4 Å². The smallest absolute Gasteiger partial charge is 0.207 e. The molecule has 0 radical (unpaired) electrons. The second-order valence-electron chi connectivity index (χ2n) is 12.1. The number of phenols is 1. The van der Waals surface area contributed by atoms with Crippen LogP contribution in [-0.4, -0.2) is 74.0 Å². The van der Waals surface area contributed by atoms with E-state index in [1.54, 1.807) is 0 Å². The highest BCUT2D eigenvalue weighted by molar-refractivity contribution is 6.02. The fraction of sp³-hybridized carbons (Fsp3) is 0.394. The topological polar surface area (TPSA) is 90.3 Å². The summed E-state index contributed by atoms with van der Waals surface area (Å²) in [6.07, 6.45) is 12.0. The number of piperazine rings is 1. The fourth-order valence-electron chi connectivity index (χ4n) is 7.58. The Bertz CT molecular complexity index is 1910. The minimum Gasteiger partial charge on any atom is -0.508 e. The van der Waals surface area contributed by atoms with Crippen LogP contribution in [0.1, 0.15) is 49.9 Å². The number of nitrogens with zero attached hydrogens (tertiary/aromatic N) is 6. The maximum atomic E-state index is 16.7. The number of aromatic nitrogens is 4. The van der Waals surface area contributed by atoms with Gasteiger partial charge in [-0.2, -0.15) is 0 Å². The zero-order chi connectivity index (χ0) is 29.3. The molecule has 2 aromatic carbocycles. The van der Waals surface area contributed by atoms with Crippen LogP contribution in [0.2, 0.25) is 0 Å². The zero-order valence-corrected chi connectivity index (χ0v) is 23.5. The van der Waals surface area contributed by atoms with Gasteiger partial charge in [-0.15, -0.1) is 16.6 Å². The number of halogens is 2. The molecule has 2 bridgehead atoms. The molecule has 2 atom stereocenters. The Morgan fingerprint density at radius 3 is 2.60 bits per heavy atom. The molecule has 216 valence electrons. The van der Waals surface area contributed by atoms with Crippen molar-refractivity contribution in [2.24, 2.45) is 0 Å². The number of hydrogen-bond donors (Lipinski definition) is 2. The van der Waals surface area contributed by atoms with E-state index >= 15 is 4.39 Å². The molecule has 0 unspecified atom stereocenters. The second kappa shape index (κ2) is 9.84. The first-order valence-corrected chi connectivity index (χ1v) is 14.9. The molecule has 43 heavy (non-hydrogen) atoms. The summed E-state index contributed by atoms with van der Waals surface area (Å²) in [5, 5.41) is 23.5. The van der Waals surface area contributed by atoms with Crippen LogP contribution >= 0.6 is 0 Å². The third-order valence-electron chi connectivity index (χ3n) is 9.65. The number of terminal acetylenes is 1. The number of aromatic hydroxyl groups is 1. The van der Waals surface area contributed by atoms with Crippen molar-refractivity contribution < 1.29 is 13.9 Å². The lowest BCUT2D eigenvalue weighted by Crippen LogP contribution is -2.61. The lowest BCUT2D eigenvalue weighted by atomic mass is 9.93. The van der Waals surface area contributed by atoms with E-state index in [4.69, 9.17) is 11.4 Å². The van der Waals surface area contributed by atoms with Crippen LogP contribution in [0.5, 0.6) is 5.75 Å². The zero-order valence-electron chi connectivity index (χ0n) is 23.5. The predicted molar refractivity (Wildman–Crippen MR) is 159 cm³/mol. The molecule has 0 saturated carbocycles. The number of piperidine rings is 2. The number of phenolic OH excluding ortho intramolecular Hbond substituents is 1. The van der Waals surface area contributed by atoms with Crippen molar-refractivity contribution in [3.05, 3.63) is 47.3 Å². The molecule has 0 aliphatic carbocycles. The Labute approximate surface area is 247 Å². The normalized spacial score (nSPS) is 22.5. The number of hydrogen-bond acceptors (Lipinski definition) is 8. The number of fused-ring (bicyclic) bond motifs is 6. The van der Waals surface area contributed by atoms with Crippen molar-refractivity contribution in [2.75, 3.05) is 31.1 Å². The third kappa shape index (κ3) is 4.12. The summed E-state index contributed by atoms with van der Waals surface area (Å²) in [7, 11) is 0. The van der Waals surface area contributed by atoms with E-state index < -0.39 is 11.6 Å². The largest absolute Gasteiger partial charge is 0.508 e. The number of nitrogens with one attached hydrogen (secondary N) is 1. The molecular formula is C33H29F2N7O. The van der Waals surface area contributed by atoms with Crippen LogP contribution in [0.25, 0.3) is 33.1 Å². The maximum absolute atomic E-state index is 16.7. The number of anilines is 1. The highest BCUT2D eigenvalue weighted by Crippen LogP contribution is 2.40. The monoisotopic (exact) mass is 577 g/mol. The SMILES string of the molecule is C#Cc1c(F)ccc2cc(O)cc(-c3nnc4c(N5C[C@H]6CC[C@@H]5CN6)nc(C#CC56CCCN5CCC6)nc4c3F)c12. The second-order valence-corrected chi connectivity index (χ2v) is 12.1. The number of benzene rings is 2. The van der Waals surface area contributed by atoms with Gasteiger partial charge in [0.25, 0.3) is 0 Å². The van der Waals surface area contributed by atoms with E-state index in [2.05, 4.69) is 48.1 Å². The molecule has 0 amide bonds. The van der Waals surface area contributed by atoms with Gasteiger partial charge in [0.05, 0.1) is 11.1 Å². The van der Waals surface area contributed by atoms with Crippen LogP contribution in [0.3, 0.4) is 0 Å². The quantitative estimate of drug-likeness (QED) is 0.344. The fourth-order valence-corrected chi connectivity index (χ4v) is 7.58. The molecule has 9 rings (SSSR count). The van der Waals surface area contributed by atoms with Gasteiger partial charge in [-0.1, -0.05) is 17.9 Å². The summed E-state index contributed by atoms with van der Waals surface area (Å²) in [5.41, 5.74) is -0.0440. The highest BCUT2D eigenvalue weighted by Gasteiger charge is 2.43. The summed E-state index contributed by atoms with van der Waals surface area (Å²) in [4.78, 5) is 14.1. The van der Waals surface area contributed by atoms with E-state index in [9.17, 15) is 9.50 Å². The Balaban J connectivity index is 1.35. The molecule has 10 heteroatoms. The Hall–Kier alpha value is -4.38. The maximum Gasteiger partial charge on any atom is 0.207 e. The molecule has 5 saturated heterocycles. The molecule has 2 aromatic heterocycles. The van der Waals surface area contributed by atoms with Gasteiger partial charge in [0.1, 0.15) is 22.8 Å². The van der Waals surface area contributed by atoms with E-state index in [0.717, 1.165) is 58.2 Å². The Morgan fingerprint density at radius 1 is 1.05 bits per heavy atom. The van der Waals surface area contributed by atoms with Gasteiger partial charge in [0.15, 0.2) is 17.2 Å². The van der Waals surface area contributed by atoms with Crippen molar-refractivity contribution in [1.29, 1.82) is 0 Å². The molecule has 5 fully saturated rings. The van der Waals surface area contributed by atoms with Crippen LogP contribution in [0.15, 0.2) is 24.3 Å². The lowest BCUT2D eigenvalue weighted by molar-refractivity contribution is 0.261. The highest BCUT2D eigenvalue weighted by atomic mass is 19.1. The minimum absolute atomic E-state index is 0.0175. The molecule has 2 N–H and O–H groups in total. The average Bonchev–Trinajstić information content (AvgIpc) is 3.61. The van der Waals surface area contributed by atoms with Gasteiger partial charge < -0.3 is 15.3 Å². The molecule has 5 aliphatic rings. The summed E-state index contributed by atoms with van der Waals surface area (Å²) in [6.45, 7) is 3.59. The Kier molecular flexibility index (Phi) is 6.01. The summed E-state index contributed by atoms with van der Waals surface area (Å²) < 4.78 is 31.5. The van der Waals surface area contributed by atoms with Crippen LogP contribution < -0.4 is 10.2 Å². The first kappa shape index (κ1) is 26.3. The molecule has 0 spiro atoms. The summed E-state index contributed by atoms with van der Waals surface area (Å²) >= 11 is 0. The van der Waals surface area contributed by atoms with E-state index in [0.29, 0.717) is 23.8 Å². The van der Waals surface area contributed by atoms with Crippen molar-refractivity contribution in [3.8, 4) is 41.2 Å². The lowest BCUT2D eigenvalue weighted by Gasteiger charge is -2.46. The first-order chi connectivity index (χ1) is 20.9. The van der Waals surface area contributed by atoms with Gasteiger partial charge in [-0.3, -0.25) is 4.90 Å². The van der Waals surface area contributed by atoms with Crippen LogP contribution in [0.4, 0.5) is 14.6 Å². The summed E-state index contributed by atoms with van der Waals surface area (Å²) in [6, 6.07) is 5.99. The first-order valence-electron chi connectivity index (χ1n) is 14.9. The van der Waals surface area contributed by atoms with Crippen LogP contribution in [-0.2, 0) is 0 Å². The van der Waals surface area contributed by atoms with E-state index in [-0.39, 0.29) is 56.4 Å². The van der Waals surface area contributed by atoms with Gasteiger partial charge in [0.2, 0.25) is 5.82 Å². The van der Waals surface area contributed by atoms with Gasteiger partial charge in [-0.05, 0) is 81.1 Å². The molecule has 7 heterocycles. The van der Waals surface area contributed by atoms with Crippen molar-refractivity contribution in [3.63, 3.8) is 0 Å². The number of rotatable bonds is 2. The Morgan fingerprint density at radius 2 is 1.88 bits per heavy atom. The molecule has 8 nitrogen and oxygen atoms in total. The van der Waals surface area contributed by atoms with Gasteiger partial charge in [-0.25, -0.2) is 18.7 Å². The molecular weight excluding hydrogens is 548 g/mol. The van der Waals surface area contributed by atoms with E-state index in [1.807, 2.05) is 0 Å². The van der Waals surface area contributed by atoms with E-state index in [1.165, 1.54) is 24.3 Å². The summed E-state index contributed by atoms with van der Waals surface area (Å²) in [5.74, 6) is 8.33. The van der Waals surface area contributed by atoms with Crippen molar-refractivity contribution in [2.45, 2.75) is 56.1 Å². The van der Waals surface area contributed by atoms with Crippen molar-refractivity contribution >= 4 is 27.6 Å². The van der Waals surface area contributed by atoms with Crippen LogP contribution in [0, 0.1) is 35.8 Å². The molecule has 4 aromatic rings.